The van der Waals surface area contributed by atoms with Gasteiger partial charge >= 0.3 is 0 Å². The molecule has 1 aliphatic heterocycles. The summed E-state index contributed by atoms with van der Waals surface area (Å²) in [6.45, 7) is 5.21. The standard InChI is InChI=1S/C19H23N5OS/c25-19(8-11-24-18-7-2-1-6-17(18)20-21-24)23-10-4-9-22(12-13-23)15-16-5-3-14-26-16/h1-3,5-7,14H,4,8-13,15H2. The van der Waals surface area contributed by atoms with E-state index in [-0.39, 0.29) is 5.91 Å². The van der Waals surface area contributed by atoms with Crippen LogP contribution in [0.2, 0.25) is 0 Å². The van der Waals surface area contributed by atoms with Gasteiger partial charge in [0.1, 0.15) is 5.52 Å². The molecule has 26 heavy (non-hydrogen) atoms. The van der Waals surface area contributed by atoms with Gasteiger partial charge in [-0.25, -0.2) is 4.68 Å². The number of amides is 1. The van der Waals surface area contributed by atoms with E-state index in [1.54, 1.807) is 11.3 Å². The lowest BCUT2D eigenvalue weighted by Gasteiger charge is -2.21. The van der Waals surface area contributed by atoms with Crippen molar-refractivity contribution in [3.05, 3.63) is 46.7 Å². The molecule has 136 valence electrons. The Morgan fingerprint density at radius 1 is 1.08 bits per heavy atom. The minimum Gasteiger partial charge on any atom is -0.341 e. The fourth-order valence-corrected chi connectivity index (χ4v) is 4.19. The van der Waals surface area contributed by atoms with Gasteiger partial charge in [-0.2, -0.15) is 0 Å². The van der Waals surface area contributed by atoms with Crippen LogP contribution in [0.15, 0.2) is 41.8 Å². The van der Waals surface area contributed by atoms with E-state index in [0.29, 0.717) is 13.0 Å². The molecule has 7 heteroatoms. The number of nitrogens with zero attached hydrogens (tertiary/aromatic N) is 5. The van der Waals surface area contributed by atoms with Crippen molar-refractivity contribution in [2.45, 2.75) is 25.9 Å². The van der Waals surface area contributed by atoms with Crippen LogP contribution in [-0.2, 0) is 17.9 Å². The summed E-state index contributed by atoms with van der Waals surface area (Å²) < 4.78 is 1.83. The van der Waals surface area contributed by atoms with E-state index in [9.17, 15) is 4.79 Å². The van der Waals surface area contributed by atoms with Gasteiger partial charge in [0.25, 0.3) is 0 Å². The van der Waals surface area contributed by atoms with Gasteiger partial charge in [0.05, 0.1) is 12.1 Å². The number of carbonyl (C=O) groups excluding carboxylic acids is 1. The number of para-hydroxylation sites is 1. The van der Waals surface area contributed by atoms with Crippen molar-refractivity contribution in [2.75, 3.05) is 26.2 Å². The van der Waals surface area contributed by atoms with Crippen LogP contribution in [-0.4, -0.2) is 56.9 Å². The molecule has 0 spiro atoms. The topological polar surface area (TPSA) is 54.3 Å². The summed E-state index contributed by atoms with van der Waals surface area (Å²) in [5, 5.41) is 10.4. The predicted molar refractivity (Wildman–Crippen MR) is 103 cm³/mol. The summed E-state index contributed by atoms with van der Waals surface area (Å²) in [4.78, 5) is 18.5. The molecule has 1 aliphatic rings. The number of benzene rings is 1. The monoisotopic (exact) mass is 369 g/mol. The molecule has 0 N–H and O–H groups in total. The Bertz CT molecular complexity index is 860. The third-order valence-electron chi connectivity index (χ3n) is 4.86. The van der Waals surface area contributed by atoms with E-state index in [4.69, 9.17) is 0 Å². The molecule has 0 unspecified atom stereocenters. The summed E-state index contributed by atoms with van der Waals surface area (Å²) in [5.74, 6) is 0.211. The van der Waals surface area contributed by atoms with Gasteiger partial charge in [-0.05, 0) is 30.0 Å². The first-order valence-corrected chi connectivity index (χ1v) is 9.98. The molecule has 2 aromatic heterocycles. The zero-order chi connectivity index (χ0) is 17.8. The van der Waals surface area contributed by atoms with Crippen LogP contribution in [0, 0.1) is 0 Å². The Labute approximate surface area is 157 Å². The van der Waals surface area contributed by atoms with Crippen molar-refractivity contribution in [1.82, 2.24) is 24.8 Å². The van der Waals surface area contributed by atoms with E-state index < -0.39 is 0 Å². The summed E-state index contributed by atoms with van der Waals surface area (Å²) in [6.07, 6.45) is 1.50. The maximum atomic E-state index is 12.7. The van der Waals surface area contributed by atoms with Gasteiger partial charge < -0.3 is 4.90 Å². The van der Waals surface area contributed by atoms with Crippen LogP contribution in [0.1, 0.15) is 17.7 Å². The molecule has 1 fully saturated rings. The Morgan fingerprint density at radius 2 is 2.00 bits per heavy atom. The normalized spacial score (nSPS) is 16.1. The number of rotatable bonds is 5. The third-order valence-corrected chi connectivity index (χ3v) is 5.72. The molecule has 0 atom stereocenters. The summed E-state index contributed by atoms with van der Waals surface area (Å²) in [7, 11) is 0. The summed E-state index contributed by atoms with van der Waals surface area (Å²) in [6, 6.07) is 12.1. The van der Waals surface area contributed by atoms with Crippen LogP contribution in [0.5, 0.6) is 0 Å². The first kappa shape index (κ1) is 17.2. The molecule has 4 rings (SSSR count). The molecular formula is C19H23N5OS. The second-order valence-corrected chi connectivity index (χ2v) is 7.67. The number of fused-ring (bicyclic) bond motifs is 1. The number of carbonyl (C=O) groups is 1. The maximum Gasteiger partial charge on any atom is 0.224 e. The number of aromatic nitrogens is 3. The van der Waals surface area contributed by atoms with Crippen LogP contribution in [0.4, 0.5) is 0 Å². The van der Waals surface area contributed by atoms with Gasteiger partial charge in [-0.15, -0.1) is 16.4 Å². The van der Waals surface area contributed by atoms with Gasteiger partial charge in [-0.3, -0.25) is 9.69 Å². The van der Waals surface area contributed by atoms with Crippen LogP contribution >= 0.6 is 11.3 Å². The van der Waals surface area contributed by atoms with Crippen molar-refractivity contribution in [3.8, 4) is 0 Å². The lowest BCUT2D eigenvalue weighted by molar-refractivity contribution is -0.131. The Balaban J connectivity index is 1.30. The number of hydrogen-bond acceptors (Lipinski definition) is 5. The Morgan fingerprint density at radius 3 is 2.88 bits per heavy atom. The molecule has 6 nitrogen and oxygen atoms in total. The number of thiophene rings is 1. The molecular weight excluding hydrogens is 346 g/mol. The predicted octanol–water partition coefficient (Wildman–Crippen LogP) is 2.62. The van der Waals surface area contributed by atoms with Crippen molar-refractivity contribution < 1.29 is 4.79 Å². The SMILES string of the molecule is O=C(CCn1nnc2ccccc21)N1CCCN(Cc2cccs2)CC1. The highest BCUT2D eigenvalue weighted by atomic mass is 32.1. The van der Waals surface area contributed by atoms with E-state index in [2.05, 4.69) is 32.7 Å². The molecule has 1 saturated heterocycles. The van der Waals surface area contributed by atoms with Crippen molar-refractivity contribution in [1.29, 1.82) is 0 Å². The van der Waals surface area contributed by atoms with Crippen molar-refractivity contribution in [2.24, 2.45) is 0 Å². The quantitative estimate of drug-likeness (QED) is 0.694. The van der Waals surface area contributed by atoms with E-state index >= 15 is 0 Å². The first-order chi connectivity index (χ1) is 12.8. The Hall–Kier alpha value is -2.25. The highest BCUT2D eigenvalue weighted by Gasteiger charge is 2.19. The zero-order valence-electron chi connectivity index (χ0n) is 14.8. The van der Waals surface area contributed by atoms with Crippen molar-refractivity contribution in [3.63, 3.8) is 0 Å². The van der Waals surface area contributed by atoms with Crippen molar-refractivity contribution >= 4 is 28.3 Å². The Kier molecular flexibility index (Phi) is 5.26. The van der Waals surface area contributed by atoms with Crippen LogP contribution in [0.3, 0.4) is 0 Å². The molecule has 1 amide bonds. The average Bonchev–Trinajstić information content (AvgIpc) is 3.25. The third kappa shape index (κ3) is 3.94. The zero-order valence-corrected chi connectivity index (χ0v) is 15.6. The van der Waals surface area contributed by atoms with E-state index in [0.717, 1.165) is 50.2 Å². The van der Waals surface area contributed by atoms with Crippen LogP contribution in [0.25, 0.3) is 11.0 Å². The fraction of sp³-hybridized carbons (Fsp3) is 0.421. The summed E-state index contributed by atoms with van der Waals surface area (Å²) >= 11 is 1.80. The molecule has 3 heterocycles. The maximum absolute atomic E-state index is 12.7. The molecule has 3 aromatic rings. The van der Waals surface area contributed by atoms with E-state index in [1.807, 2.05) is 33.8 Å². The second kappa shape index (κ2) is 7.97. The number of hydrogen-bond donors (Lipinski definition) is 0. The molecule has 0 saturated carbocycles. The molecule has 0 bridgehead atoms. The highest BCUT2D eigenvalue weighted by Crippen LogP contribution is 2.15. The fourth-order valence-electron chi connectivity index (χ4n) is 3.44. The van der Waals surface area contributed by atoms with E-state index in [1.165, 1.54) is 4.88 Å². The highest BCUT2D eigenvalue weighted by molar-refractivity contribution is 7.09. The minimum absolute atomic E-state index is 0.211. The first-order valence-electron chi connectivity index (χ1n) is 9.10. The summed E-state index contributed by atoms with van der Waals surface area (Å²) in [5.41, 5.74) is 1.86. The largest absolute Gasteiger partial charge is 0.341 e. The average molecular weight is 369 g/mol. The van der Waals surface area contributed by atoms with Gasteiger partial charge in [0, 0.05) is 44.0 Å². The smallest absolute Gasteiger partial charge is 0.224 e. The number of aryl methyl sites for hydroxylation is 1. The lowest BCUT2D eigenvalue weighted by Crippen LogP contribution is -2.35. The molecule has 1 aromatic carbocycles. The van der Waals surface area contributed by atoms with Gasteiger partial charge in [-0.1, -0.05) is 23.4 Å². The lowest BCUT2D eigenvalue weighted by atomic mass is 10.3. The molecule has 0 radical (unpaired) electrons. The van der Waals surface area contributed by atoms with Gasteiger partial charge in [0.2, 0.25) is 5.91 Å². The van der Waals surface area contributed by atoms with Gasteiger partial charge in [0.15, 0.2) is 0 Å². The molecule has 0 aliphatic carbocycles. The second-order valence-electron chi connectivity index (χ2n) is 6.64. The minimum atomic E-state index is 0.211. The van der Waals surface area contributed by atoms with Crippen LogP contribution < -0.4 is 0 Å².